The maximum Gasteiger partial charge on any atom is 0.123 e. The number of aromatic nitrogens is 2. The molecule has 90 valence electrons. The van der Waals surface area contributed by atoms with Crippen LogP contribution < -0.4 is 5.73 Å². The van der Waals surface area contributed by atoms with Crippen LogP contribution in [0.4, 0.5) is 4.39 Å². The Kier molecular flexibility index (Phi) is 3.24. The molecule has 1 atom stereocenters. The Hall–Kier alpha value is -1.68. The molecule has 2 rings (SSSR count). The molecule has 0 amide bonds. The van der Waals surface area contributed by atoms with Gasteiger partial charge in [-0.25, -0.2) is 4.39 Å². The second-order valence-corrected chi connectivity index (χ2v) is 4.07. The minimum atomic E-state index is -0.233. The first-order valence-corrected chi connectivity index (χ1v) is 5.71. The van der Waals surface area contributed by atoms with E-state index in [1.165, 1.54) is 12.1 Å². The topological polar surface area (TPSA) is 43.8 Å². The van der Waals surface area contributed by atoms with E-state index < -0.39 is 0 Å². The predicted octanol–water partition coefficient (Wildman–Crippen LogP) is 2.73. The van der Waals surface area contributed by atoms with Gasteiger partial charge in [0.2, 0.25) is 0 Å². The predicted molar refractivity (Wildman–Crippen MR) is 65.9 cm³/mol. The highest BCUT2D eigenvalue weighted by Gasteiger charge is 2.11. The van der Waals surface area contributed by atoms with Crippen LogP contribution in [0, 0.1) is 5.82 Å². The van der Waals surface area contributed by atoms with Crippen LogP contribution >= 0.6 is 0 Å². The van der Waals surface area contributed by atoms with Crippen LogP contribution in [0.25, 0.3) is 11.3 Å². The minimum absolute atomic E-state index is 0.0954. The molecule has 0 radical (unpaired) electrons. The van der Waals surface area contributed by atoms with Gasteiger partial charge in [-0.15, -0.1) is 0 Å². The van der Waals surface area contributed by atoms with Gasteiger partial charge in [0.15, 0.2) is 0 Å². The third kappa shape index (κ3) is 2.36. The normalized spacial score (nSPS) is 12.7. The maximum absolute atomic E-state index is 12.9. The van der Waals surface area contributed by atoms with Gasteiger partial charge >= 0.3 is 0 Å². The number of halogens is 1. The van der Waals surface area contributed by atoms with Gasteiger partial charge in [0.05, 0.1) is 11.4 Å². The smallest absolute Gasteiger partial charge is 0.123 e. The Balaban J connectivity index is 2.46. The molecule has 1 aromatic carbocycles. The number of nitrogens with two attached hydrogens (primary N) is 1. The van der Waals surface area contributed by atoms with Gasteiger partial charge in [-0.3, -0.25) is 4.68 Å². The molecule has 17 heavy (non-hydrogen) atoms. The summed E-state index contributed by atoms with van der Waals surface area (Å²) in [5, 5.41) is 4.42. The van der Waals surface area contributed by atoms with Gasteiger partial charge in [0, 0.05) is 12.6 Å². The molecule has 0 aliphatic heterocycles. The lowest BCUT2D eigenvalue weighted by Gasteiger charge is -2.04. The van der Waals surface area contributed by atoms with Gasteiger partial charge in [0.1, 0.15) is 5.82 Å². The van der Waals surface area contributed by atoms with E-state index in [-0.39, 0.29) is 11.9 Å². The number of hydrogen-bond acceptors (Lipinski definition) is 2. The Bertz CT molecular complexity index is 500. The van der Waals surface area contributed by atoms with E-state index in [9.17, 15) is 4.39 Å². The summed E-state index contributed by atoms with van der Waals surface area (Å²) in [4.78, 5) is 0. The Labute approximate surface area is 100 Å². The summed E-state index contributed by atoms with van der Waals surface area (Å²) in [7, 11) is 0. The van der Waals surface area contributed by atoms with Crippen molar-refractivity contribution in [1.29, 1.82) is 0 Å². The quantitative estimate of drug-likeness (QED) is 0.885. The van der Waals surface area contributed by atoms with Crippen molar-refractivity contribution < 1.29 is 4.39 Å². The summed E-state index contributed by atoms with van der Waals surface area (Å²) in [6.45, 7) is 4.68. The molecule has 0 aliphatic carbocycles. The van der Waals surface area contributed by atoms with Crippen molar-refractivity contribution in [3.8, 4) is 11.3 Å². The van der Waals surface area contributed by atoms with Gasteiger partial charge in [0.25, 0.3) is 0 Å². The molecular weight excluding hydrogens is 217 g/mol. The molecule has 0 spiro atoms. The molecule has 0 fully saturated rings. The van der Waals surface area contributed by atoms with Crippen molar-refractivity contribution in [3.05, 3.63) is 41.8 Å². The Morgan fingerprint density at radius 3 is 2.53 bits per heavy atom. The van der Waals surface area contributed by atoms with Crippen molar-refractivity contribution in [1.82, 2.24) is 9.78 Å². The van der Waals surface area contributed by atoms with E-state index in [1.807, 2.05) is 24.6 Å². The molecule has 2 N–H and O–H groups in total. The van der Waals surface area contributed by atoms with Crippen molar-refractivity contribution in [3.63, 3.8) is 0 Å². The van der Waals surface area contributed by atoms with Crippen LogP contribution in [0.5, 0.6) is 0 Å². The lowest BCUT2D eigenvalue weighted by Crippen LogP contribution is -2.07. The SMILES string of the molecule is CCn1nc(C(C)N)cc1-c1ccc(F)cc1. The minimum Gasteiger partial charge on any atom is -0.323 e. The fraction of sp³-hybridized carbons (Fsp3) is 0.308. The first kappa shape index (κ1) is 11.8. The Morgan fingerprint density at radius 2 is 2.00 bits per heavy atom. The Morgan fingerprint density at radius 1 is 1.35 bits per heavy atom. The number of hydrogen-bond donors (Lipinski definition) is 1. The third-order valence-electron chi connectivity index (χ3n) is 2.70. The van der Waals surface area contributed by atoms with E-state index in [4.69, 9.17) is 5.73 Å². The molecule has 2 aromatic rings. The van der Waals surface area contributed by atoms with Crippen LogP contribution in [-0.2, 0) is 6.54 Å². The number of nitrogens with zero attached hydrogens (tertiary/aromatic N) is 2. The average Bonchev–Trinajstić information content (AvgIpc) is 2.74. The van der Waals surface area contributed by atoms with E-state index in [0.717, 1.165) is 23.5 Å². The second-order valence-electron chi connectivity index (χ2n) is 4.07. The zero-order valence-electron chi connectivity index (χ0n) is 10.0. The van der Waals surface area contributed by atoms with Crippen LogP contribution in [0.3, 0.4) is 0 Å². The van der Waals surface area contributed by atoms with Crippen molar-refractivity contribution in [2.45, 2.75) is 26.4 Å². The van der Waals surface area contributed by atoms with Crippen molar-refractivity contribution >= 4 is 0 Å². The van der Waals surface area contributed by atoms with Crippen LogP contribution in [0.15, 0.2) is 30.3 Å². The van der Waals surface area contributed by atoms with Crippen LogP contribution in [0.1, 0.15) is 25.6 Å². The highest BCUT2D eigenvalue weighted by molar-refractivity contribution is 5.60. The van der Waals surface area contributed by atoms with E-state index in [1.54, 1.807) is 12.1 Å². The molecule has 1 heterocycles. The molecule has 0 bridgehead atoms. The van der Waals surface area contributed by atoms with Gasteiger partial charge in [-0.05, 0) is 49.7 Å². The number of aryl methyl sites for hydroxylation is 1. The summed E-state index contributed by atoms with van der Waals surface area (Å²) >= 11 is 0. The second kappa shape index (κ2) is 4.67. The van der Waals surface area contributed by atoms with Crippen LogP contribution in [-0.4, -0.2) is 9.78 Å². The van der Waals surface area contributed by atoms with Gasteiger partial charge in [-0.1, -0.05) is 0 Å². The lowest BCUT2D eigenvalue weighted by atomic mass is 10.1. The molecular formula is C13H16FN3. The molecule has 0 saturated carbocycles. The summed E-state index contributed by atoms with van der Waals surface area (Å²) in [6, 6.07) is 8.28. The molecule has 0 saturated heterocycles. The van der Waals surface area contributed by atoms with Gasteiger partial charge in [-0.2, -0.15) is 5.10 Å². The van der Waals surface area contributed by atoms with E-state index >= 15 is 0 Å². The van der Waals surface area contributed by atoms with E-state index in [0.29, 0.717) is 0 Å². The van der Waals surface area contributed by atoms with E-state index in [2.05, 4.69) is 5.10 Å². The standard InChI is InChI=1S/C13H16FN3/c1-3-17-13(8-12(16-17)9(2)15)10-4-6-11(14)7-5-10/h4-9H,3,15H2,1-2H3. The summed E-state index contributed by atoms with van der Waals surface area (Å²) in [5.41, 5.74) is 8.59. The highest BCUT2D eigenvalue weighted by Crippen LogP contribution is 2.22. The monoisotopic (exact) mass is 233 g/mol. The molecule has 4 heteroatoms. The summed E-state index contributed by atoms with van der Waals surface area (Å²) < 4.78 is 14.8. The third-order valence-corrected chi connectivity index (χ3v) is 2.70. The first-order valence-electron chi connectivity index (χ1n) is 5.71. The molecule has 3 nitrogen and oxygen atoms in total. The highest BCUT2D eigenvalue weighted by atomic mass is 19.1. The molecule has 0 aliphatic rings. The molecule has 1 aromatic heterocycles. The van der Waals surface area contributed by atoms with Crippen molar-refractivity contribution in [2.75, 3.05) is 0 Å². The summed E-state index contributed by atoms with van der Waals surface area (Å²) in [6.07, 6.45) is 0. The first-order chi connectivity index (χ1) is 8.11. The zero-order valence-corrected chi connectivity index (χ0v) is 10.0. The fourth-order valence-corrected chi connectivity index (χ4v) is 1.75. The average molecular weight is 233 g/mol. The largest absolute Gasteiger partial charge is 0.323 e. The van der Waals surface area contributed by atoms with Crippen molar-refractivity contribution in [2.24, 2.45) is 5.73 Å². The number of rotatable bonds is 3. The fourth-order valence-electron chi connectivity index (χ4n) is 1.75. The molecule has 1 unspecified atom stereocenters. The maximum atomic E-state index is 12.9. The van der Waals surface area contributed by atoms with Gasteiger partial charge < -0.3 is 5.73 Å². The van der Waals surface area contributed by atoms with Crippen LogP contribution in [0.2, 0.25) is 0 Å². The number of benzene rings is 1. The summed E-state index contributed by atoms with van der Waals surface area (Å²) in [5.74, 6) is -0.233. The lowest BCUT2D eigenvalue weighted by molar-refractivity contribution is 0.626. The zero-order chi connectivity index (χ0) is 12.4.